The predicted octanol–water partition coefficient (Wildman–Crippen LogP) is 0.800. The summed E-state index contributed by atoms with van der Waals surface area (Å²) in [6.07, 6.45) is 0. The summed E-state index contributed by atoms with van der Waals surface area (Å²) in [5.41, 5.74) is 13.3. The molecule has 0 aliphatic heterocycles. The van der Waals surface area contributed by atoms with E-state index in [1.54, 1.807) is 14.2 Å². The summed E-state index contributed by atoms with van der Waals surface area (Å²) < 4.78 is 10.3. The van der Waals surface area contributed by atoms with Crippen molar-refractivity contribution in [2.75, 3.05) is 20.8 Å². The molecular weight excluding hydrogens is 192 g/mol. The average molecular weight is 210 g/mol. The first kappa shape index (κ1) is 12.0. The van der Waals surface area contributed by atoms with Crippen LogP contribution in [0.5, 0.6) is 5.75 Å². The molecule has 1 atom stereocenters. The summed E-state index contributed by atoms with van der Waals surface area (Å²) in [6, 6.07) is 5.65. The van der Waals surface area contributed by atoms with Crippen LogP contribution in [0.15, 0.2) is 18.2 Å². The van der Waals surface area contributed by atoms with E-state index < -0.39 is 0 Å². The first-order chi connectivity index (χ1) is 7.22. The Bertz CT molecular complexity index is 315. The smallest absolute Gasteiger partial charge is 0.124 e. The zero-order chi connectivity index (χ0) is 11.3. The van der Waals surface area contributed by atoms with Crippen LogP contribution in [0, 0.1) is 0 Å². The third-order valence-corrected chi connectivity index (χ3v) is 2.29. The van der Waals surface area contributed by atoms with Crippen molar-refractivity contribution in [1.82, 2.24) is 0 Å². The fourth-order valence-corrected chi connectivity index (χ4v) is 1.43. The van der Waals surface area contributed by atoms with E-state index in [0.717, 1.165) is 16.9 Å². The van der Waals surface area contributed by atoms with Crippen LogP contribution in [0.1, 0.15) is 17.2 Å². The largest absolute Gasteiger partial charge is 0.496 e. The molecule has 0 spiro atoms. The number of hydrogen-bond donors (Lipinski definition) is 2. The second-order valence-electron chi connectivity index (χ2n) is 3.35. The van der Waals surface area contributed by atoms with Gasteiger partial charge >= 0.3 is 0 Å². The number of ether oxygens (including phenoxy) is 2. The summed E-state index contributed by atoms with van der Waals surface area (Å²) >= 11 is 0. The van der Waals surface area contributed by atoms with Crippen molar-refractivity contribution in [2.45, 2.75) is 12.6 Å². The molecule has 0 fully saturated rings. The molecule has 4 nitrogen and oxygen atoms in total. The van der Waals surface area contributed by atoms with Crippen molar-refractivity contribution in [2.24, 2.45) is 11.5 Å². The summed E-state index contributed by atoms with van der Waals surface area (Å²) in [4.78, 5) is 0. The fourth-order valence-electron chi connectivity index (χ4n) is 1.43. The maximum atomic E-state index is 5.84. The van der Waals surface area contributed by atoms with Gasteiger partial charge in [0.05, 0.1) is 13.7 Å². The van der Waals surface area contributed by atoms with Crippen LogP contribution in [0.3, 0.4) is 0 Å². The normalized spacial score (nSPS) is 12.5. The van der Waals surface area contributed by atoms with E-state index in [1.807, 2.05) is 18.2 Å². The van der Waals surface area contributed by atoms with Crippen molar-refractivity contribution in [3.8, 4) is 5.75 Å². The summed E-state index contributed by atoms with van der Waals surface area (Å²) in [6.45, 7) is 0.938. The minimum Gasteiger partial charge on any atom is -0.496 e. The second-order valence-corrected chi connectivity index (χ2v) is 3.35. The molecule has 0 bridgehead atoms. The number of methoxy groups -OCH3 is 2. The van der Waals surface area contributed by atoms with Crippen LogP contribution in [0.4, 0.5) is 0 Å². The highest BCUT2D eigenvalue weighted by Crippen LogP contribution is 2.22. The lowest BCUT2D eigenvalue weighted by Crippen LogP contribution is -2.20. The Kier molecular flexibility index (Phi) is 4.55. The minimum absolute atomic E-state index is 0.133. The van der Waals surface area contributed by atoms with Gasteiger partial charge in [0.1, 0.15) is 5.75 Å². The first-order valence-corrected chi connectivity index (χ1v) is 4.84. The fraction of sp³-hybridized carbons (Fsp3) is 0.455. The Morgan fingerprint density at radius 3 is 2.60 bits per heavy atom. The molecule has 15 heavy (non-hydrogen) atoms. The van der Waals surface area contributed by atoms with Crippen LogP contribution in [-0.2, 0) is 11.3 Å². The van der Waals surface area contributed by atoms with E-state index in [0.29, 0.717) is 13.2 Å². The van der Waals surface area contributed by atoms with E-state index in [-0.39, 0.29) is 6.04 Å². The average Bonchev–Trinajstić information content (AvgIpc) is 2.28. The maximum Gasteiger partial charge on any atom is 0.124 e. The lowest BCUT2D eigenvalue weighted by molar-refractivity contribution is 0.181. The highest BCUT2D eigenvalue weighted by atomic mass is 16.5. The first-order valence-electron chi connectivity index (χ1n) is 4.84. The highest BCUT2D eigenvalue weighted by molar-refractivity contribution is 5.38. The zero-order valence-corrected chi connectivity index (χ0v) is 9.19. The molecule has 0 aliphatic rings. The van der Waals surface area contributed by atoms with Crippen LogP contribution in [0.25, 0.3) is 0 Å². The third kappa shape index (κ3) is 2.92. The Labute approximate surface area is 90.2 Å². The van der Waals surface area contributed by atoms with Crippen LogP contribution < -0.4 is 16.2 Å². The number of nitrogens with two attached hydrogens (primary N) is 2. The summed E-state index contributed by atoms with van der Waals surface area (Å²) in [7, 11) is 3.28. The molecule has 0 aliphatic carbocycles. The Morgan fingerprint density at radius 2 is 2.07 bits per heavy atom. The van der Waals surface area contributed by atoms with Crippen molar-refractivity contribution < 1.29 is 9.47 Å². The van der Waals surface area contributed by atoms with Crippen LogP contribution >= 0.6 is 0 Å². The van der Waals surface area contributed by atoms with E-state index in [4.69, 9.17) is 20.9 Å². The molecule has 0 radical (unpaired) electrons. The molecule has 0 amide bonds. The Balaban J connectivity index is 2.98. The van der Waals surface area contributed by atoms with Crippen LogP contribution in [-0.4, -0.2) is 20.8 Å². The van der Waals surface area contributed by atoms with Gasteiger partial charge in [0.15, 0.2) is 0 Å². The van der Waals surface area contributed by atoms with Gasteiger partial charge in [-0.2, -0.15) is 0 Å². The Morgan fingerprint density at radius 1 is 1.33 bits per heavy atom. The van der Waals surface area contributed by atoms with E-state index in [1.165, 1.54) is 0 Å². The predicted molar refractivity (Wildman–Crippen MR) is 59.7 cm³/mol. The third-order valence-electron chi connectivity index (χ3n) is 2.29. The number of benzene rings is 1. The standard InChI is InChI=1S/C11H18N2O2/c1-14-7-9-5-8(10(13)6-12)3-4-11(9)15-2/h3-5,10H,6-7,12-13H2,1-2H3. The van der Waals surface area contributed by atoms with Gasteiger partial charge in [-0.05, 0) is 17.7 Å². The molecule has 1 aromatic rings. The molecule has 1 unspecified atom stereocenters. The van der Waals surface area contributed by atoms with Gasteiger partial charge in [-0.15, -0.1) is 0 Å². The van der Waals surface area contributed by atoms with Gasteiger partial charge in [-0.1, -0.05) is 6.07 Å². The molecule has 0 saturated heterocycles. The van der Waals surface area contributed by atoms with E-state index >= 15 is 0 Å². The van der Waals surface area contributed by atoms with E-state index in [2.05, 4.69) is 0 Å². The molecule has 1 rings (SSSR count). The van der Waals surface area contributed by atoms with E-state index in [9.17, 15) is 0 Å². The van der Waals surface area contributed by atoms with Crippen molar-refractivity contribution in [3.63, 3.8) is 0 Å². The molecular formula is C11H18N2O2. The lowest BCUT2D eigenvalue weighted by Gasteiger charge is -2.13. The van der Waals surface area contributed by atoms with Gasteiger partial charge in [-0.25, -0.2) is 0 Å². The quantitative estimate of drug-likeness (QED) is 0.754. The monoisotopic (exact) mass is 210 g/mol. The van der Waals surface area contributed by atoms with Crippen LogP contribution in [0.2, 0.25) is 0 Å². The van der Waals surface area contributed by atoms with Gasteiger partial charge in [0.2, 0.25) is 0 Å². The van der Waals surface area contributed by atoms with Gasteiger partial charge in [0, 0.05) is 25.3 Å². The molecule has 4 heteroatoms. The summed E-state index contributed by atoms with van der Waals surface area (Å²) in [5, 5.41) is 0. The molecule has 0 aromatic heterocycles. The second kappa shape index (κ2) is 5.70. The molecule has 1 aromatic carbocycles. The van der Waals surface area contributed by atoms with Gasteiger partial charge < -0.3 is 20.9 Å². The molecule has 0 saturated carbocycles. The number of rotatable bonds is 5. The molecule has 4 N–H and O–H groups in total. The maximum absolute atomic E-state index is 5.84. The zero-order valence-electron chi connectivity index (χ0n) is 9.19. The Hall–Kier alpha value is -1.10. The number of hydrogen-bond acceptors (Lipinski definition) is 4. The molecule has 84 valence electrons. The van der Waals surface area contributed by atoms with Crippen molar-refractivity contribution in [3.05, 3.63) is 29.3 Å². The molecule has 0 heterocycles. The highest BCUT2D eigenvalue weighted by Gasteiger charge is 2.08. The topological polar surface area (TPSA) is 70.5 Å². The SMILES string of the molecule is COCc1cc(C(N)CN)ccc1OC. The van der Waals surface area contributed by atoms with Crippen molar-refractivity contribution >= 4 is 0 Å². The summed E-state index contributed by atoms with van der Waals surface area (Å²) in [5.74, 6) is 0.810. The lowest BCUT2D eigenvalue weighted by atomic mass is 10.0. The minimum atomic E-state index is -0.133. The van der Waals surface area contributed by atoms with Gasteiger partial charge in [0.25, 0.3) is 0 Å². The van der Waals surface area contributed by atoms with Crippen molar-refractivity contribution in [1.29, 1.82) is 0 Å². The van der Waals surface area contributed by atoms with Gasteiger partial charge in [-0.3, -0.25) is 0 Å².